The van der Waals surface area contributed by atoms with Gasteiger partial charge in [-0.25, -0.2) is 0 Å². The Hall–Kier alpha value is -1.26. The number of amidine groups is 1. The molecule has 0 heterocycles. The molecule has 0 bridgehead atoms. The van der Waals surface area contributed by atoms with Crippen LogP contribution in [0.1, 0.15) is 46.0 Å². The number of nitrogens with two attached hydrogens (primary N) is 1. The third-order valence-corrected chi connectivity index (χ3v) is 3.48. The first-order valence-corrected chi connectivity index (χ1v) is 6.20. The van der Waals surface area contributed by atoms with Crippen molar-refractivity contribution in [3.63, 3.8) is 0 Å². The molecule has 0 atom stereocenters. The maximum Gasteiger partial charge on any atom is 0.220 e. The highest BCUT2D eigenvalue weighted by molar-refractivity contribution is 5.86. The van der Waals surface area contributed by atoms with Crippen LogP contribution in [-0.2, 0) is 4.79 Å². The lowest BCUT2D eigenvalue weighted by Crippen LogP contribution is -2.42. The molecule has 4 N–H and O–H groups in total. The van der Waals surface area contributed by atoms with E-state index in [1.807, 2.05) is 13.8 Å². The Kier molecular flexibility index (Phi) is 4.78. The Balaban J connectivity index is 2.32. The number of nitrogens with zero attached hydrogens (tertiary/aromatic N) is 1. The molecule has 0 aliphatic heterocycles. The van der Waals surface area contributed by atoms with Crippen LogP contribution in [0.2, 0.25) is 0 Å². The monoisotopic (exact) mass is 241 g/mol. The summed E-state index contributed by atoms with van der Waals surface area (Å²) < 4.78 is 0. The Bertz CT molecular complexity index is 294. The van der Waals surface area contributed by atoms with Crippen LogP contribution in [0.5, 0.6) is 0 Å². The standard InChI is InChI=1S/C12H23N3O2/c1-12(2,11(13)15-17)8-14-10(16)7-9-5-3-4-6-9/h9,17H,3-8H2,1-2H3,(H2,13,15)(H,14,16). The number of carbonyl (C=O) groups excluding carboxylic acids is 1. The van der Waals surface area contributed by atoms with Gasteiger partial charge in [0.05, 0.1) is 0 Å². The van der Waals surface area contributed by atoms with E-state index in [2.05, 4.69) is 10.5 Å². The molecule has 0 spiro atoms. The van der Waals surface area contributed by atoms with Crippen molar-refractivity contribution >= 4 is 11.7 Å². The molecule has 1 aliphatic carbocycles. The number of hydrogen-bond acceptors (Lipinski definition) is 3. The summed E-state index contributed by atoms with van der Waals surface area (Å²) in [7, 11) is 0. The summed E-state index contributed by atoms with van der Waals surface area (Å²) in [5.41, 5.74) is 5.04. The maximum atomic E-state index is 11.7. The van der Waals surface area contributed by atoms with Crippen LogP contribution < -0.4 is 11.1 Å². The van der Waals surface area contributed by atoms with Crippen LogP contribution >= 0.6 is 0 Å². The Morgan fingerprint density at radius 1 is 1.47 bits per heavy atom. The van der Waals surface area contributed by atoms with Gasteiger partial charge < -0.3 is 16.3 Å². The molecule has 1 fully saturated rings. The lowest BCUT2D eigenvalue weighted by Gasteiger charge is -2.23. The van der Waals surface area contributed by atoms with Crippen LogP contribution in [0.15, 0.2) is 5.16 Å². The molecule has 0 saturated heterocycles. The minimum Gasteiger partial charge on any atom is -0.409 e. The topological polar surface area (TPSA) is 87.7 Å². The molecule has 1 amide bonds. The molecule has 17 heavy (non-hydrogen) atoms. The molecule has 0 unspecified atom stereocenters. The smallest absolute Gasteiger partial charge is 0.220 e. The first kappa shape index (κ1) is 13.8. The van der Waals surface area contributed by atoms with Gasteiger partial charge in [0, 0.05) is 18.4 Å². The van der Waals surface area contributed by atoms with E-state index >= 15 is 0 Å². The summed E-state index contributed by atoms with van der Waals surface area (Å²) >= 11 is 0. The van der Waals surface area contributed by atoms with Crippen molar-refractivity contribution in [2.45, 2.75) is 46.0 Å². The fraction of sp³-hybridized carbons (Fsp3) is 0.833. The zero-order valence-corrected chi connectivity index (χ0v) is 10.7. The van der Waals surface area contributed by atoms with Crippen molar-refractivity contribution in [1.29, 1.82) is 0 Å². The highest BCUT2D eigenvalue weighted by Gasteiger charge is 2.25. The minimum absolute atomic E-state index is 0.0655. The largest absolute Gasteiger partial charge is 0.409 e. The van der Waals surface area contributed by atoms with Crippen molar-refractivity contribution in [1.82, 2.24) is 5.32 Å². The first-order chi connectivity index (χ1) is 7.95. The molecule has 0 radical (unpaired) electrons. The van der Waals surface area contributed by atoms with Gasteiger partial charge in [0.25, 0.3) is 0 Å². The Morgan fingerprint density at radius 3 is 2.59 bits per heavy atom. The molecule has 98 valence electrons. The van der Waals surface area contributed by atoms with Gasteiger partial charge >= 0.3 is 0 Å². The van der Waals surface area contributed by atoms with E-state index in [-0.39, 0.29) is 11.7 Å². The lowest BCUT2D eigenvalue weighted by atomic mass is 9.92. The first-order valence-electron chi connectivity index (χ1n) is 6.20. The average molecular weight is 241 g/mol. The van der Waals surface area contributed by atoms with Crippen LogP contribution in [0.3, 0.4) is 0 Å². The van der Waals surface area contributed by atoms with Gasteiger partial charge in [0.15, 0.2) is 0 Å². The fourth-order valence-electron chi connectivity index (χ4n) is 2.09. The van der Waals surface area contributed by atoms with Gasteiger partial charge in [-0.3, -0.25) is 4.79 Å². The molecular weight excluding hydrogens is 218 g/mol. The molecule has 5 heteroatoms. The Labute approximate surface area is 102 Å². The van der Waals surface area contributed by atoms with Gasteiger partial charge in [-0.05, 0) is 18.8 Å². The second-order valence-electron chi connectivity index (χ2n) is 5.50. The number of rotatable bonds is 5. The fourth-order valence-corrected chi connectivity index (χ4v) is 2.09. The highest BCUT2D eigenvalue weighted by Crippen LogP contribution is 2.27. The molecule has 5 nitrogen and oxygen atoms in total. The highest BCUT2D eigenvalue weighted by atomic mass is 16.4. The molecule has 0 aromatic heterocycles. The van der Waals surface area contributed by atoms with Crippen LogP contribution in [-0.4, -0.2) is 23.5 Å². The van der Waals surface area contributed by atoms with E-state index in [9.17, 15) is 4.79 Å². The van der Waals surface area contributed by atoms with Crippen molar-refractivity contribution < 1.29 is 10.0 Å². The second kappa shape index (κ2) is 5.89. The predicted octanol–water partition coefficient (Wildman–Crippen LogP) is 1.46. The molecular formula is C12H23N3O2. The molecule has 1 saturated carbocycles. The van der Waals surface area contributed by atoms with Crippen molar-refractivity contribution in [3.8, 4) is 0 Å². The number of amides is 1. The van der Waals surface area contributed by atoms with Crippen molar-refractivity contribution in [2.75, 3.05) is 6.54 Å². The van der Waals surface area contributed by atoms with E-state index in [1.165, 1.54) is 12.8 Å². The quantitative estimate of drug-likeness (QED) is 0.295. The minimum atomic E-state index is -0.514. The van der Waals surface area contributed by atoms with Crippen LogP contribution in [0, 0.1) is 11.3 Å². The van der Waals surface area contributed by atoms with Gasteiger partial charge in [0.2, 0.25) is 5.91 Å². The van der Waals surface area contributed by atoms with Gasteiger partial charge in [-0.2, -0.15) is 0 Å². The molecule has 1 rings (SSSR count). The SMILES string of the molecule is CC(C)(CNC(=O)CC1CCCC1)C(N)=NO. The third-order valence-electron chi connectivity index (χ3n) is 3.48. The summed E-state index contributed by atoms with van der Waals surface area (Å²) in [5, 5.41) is 14.5. The summed E-state index contributed by atoms with van der Waals surface area (Å²) in [6.07, 6.45) is 5.42. The van der Waals surface area contributed by atoms with E-state index < -0.39 is 5.41 Å². The van der Waals surface area contributed by atoms with Crippen LogP contribution in [0.4, 0.5) is 0 Å². The number of carbonyl (C=O) groups is 1. The van der Waals surface area contributed by atoms with Gasteiger partial charge in [-0.1, -0.05) is 31.8 Å². The summed E-state index contributed by atoms with van der Waals surface area (Å²) in [6.45, 7) is 4.06. The normalized spacial score (nSPS) is 18.4. The zero-order chi connectivity index (χ0) is 12.9. The number of hydrogen-bond donors (Lipinski definition) is 3. The van der Waals surface area contributed by atoms with E-state index in [0.29, 0.717) is 18.9 Å². The van der Waals surface area contributed by atoms with Crippen molar-refractivity contribution in [2.24, 2.45) is 22.2 Å². The van der Waals surface area contributed by atoms with Gasteiger partial charge in [-0.15, -0.1) is 0 Å². The van der Waals surface area contributed by atoms with Crippen LogP contribution in [0.25, 0.3) is 0 Å². The van der Waals surface area contributed by atoms with Gasteiger partial charge in [0.1, 0.15) is 5.84 Å². The summed E-state index contributed by atoms with van der Waals surface area (Å²) in [6, 6.07) is 0. The predicted molar refractivity (Wildman–Crippen MR) is 66.8 cm³/mol. The zero-order valence-electron chi connectivity index (χ0n) is 10.7. The molecule has 1 aliphatic rings. The van der Waals surface area contributed by atoms with E-state index in [4.69, 9.17) is 10.9 Å². The molecule has 0 aromatic carbocycles. The van der Waals surface area contributed by atoms with E-state index in [0.717, 1.165) is 12.8 Å². The summed E-state index contributed by atoms with van der Waals surface area (Å²) in [4.78, 5) is 11.7. The number of nitrogens with one attached hydrogen (secondary N) is 1. The van der Waals surface area contributed by atoms with E-state index in [1.54, 1.807) is 0 Å². The lowest BCUT2D eigenvalue weighted by molar-refractivity contribution is -0.122. The van der Waals surface area contributed by atoms with Crippen molar-refractivity contribution in [3.05, 3.63) is 0 Å². The summed E-state index contributed by atoms with van der Waals surface area (Å²) in [5.74, 6) is 0.747. The Morgan fingerprint density at radius 2 is 2.06 bits per heavy atom. The average Bonchev–Trinajstić information content (AvgIpc) is 2.78. The maximum absolute atomic E-state index is 11.7. The third kappa shape index (κ3) is 4.24. The number of oxime groups is 1. The second-order valence-corrected chi connectivity index (χ2v) is 5.50. The molecule has 0 aromatic rings.